The fraction of sp³-hybridized carbons (Fsp3) is 0.391. The normalized spacial score (nSPS) is 15.0. The fourth-order valence-electron chi connectivity index (χ4n) is 3.51. The van der Waals surface area contributed by atoms with Gasteiger partial charge in [-0.15, -0.1) is 11.3 Å². The summed E-state index contributed by atoms with van der Waals surface area (Å²) in [6, 6.07) is 8.64. The summed E-state index contributed by atoms with van der Waals surface area (Å²) in [5.74, 6) is -0.698. The molecule has 0 fully saturated rings. The van der Waals surface area contributed by atoms with Gasteiger partial charge in [0.2, 0.25) is 0 Å². The van der Waals surface area contributed by atoms with E-state index in [1.54, 1.807) is 6.07 Å². The monoisotopic (exact) mass is 447 g/mol. The van der Waals surface area contributed by atoms with Crippen molar-refractivity contribution >= 4 is 34.9 Å². The number of methoxy groups -OCH3 is 1. The lowest BCUT2D eigenvalue weighted by Gasteiger charge is -2.33. The molecule has 1 aromatic carbocycles. The number of carbonyl (C=O) groups excluding carboxylic acids is 2. The zero-order valence-corrected chi connectivity index (χ0v) is 18.8. The van der Waals surface area contributed by atoms with Crippen LogP contribution in [0.15, 0.2) is 42.5 Å². The molecule has 1 aromatic heterocycles. The average Bonchev–Trinajstić information content (AvgIpc) is 3.14. The molecule has 160 valence electrons. The number of hydrogen-bond acceptors (Lipinski definition) is 6. The van der Waals surface area contributed by atoms with Crippen molar-refractivity contribution in [1.29, 1.82) is 0 Å². The first-order valence-corrected chi connectivity index (χ1v) is 11.3. The van der Waals surface area contributed by atoms with E-state index in [-0.39, 0.29) is 11.9 Å². The predicted octanol–water partition coefficient (Wildman–Crippen LogP) is 5.33. The molecule has 0 unspecified atom stereocenters. The molecular weight excluding hydrogens is 422 g/mol. The summed E-state index contributed by atoms with van der Waals surface area (Å²) >= 11 is 7.85. The van der Waals surface area contributed by atoms with Gasteiger partial charge in [0.05, 0.1) is 7.11 Å². The second-order valence-corrected chi connectivity index (χ2v) is 8.65. The molecule has 2 heterocycles. The molecule has 0 spiro atoms. The summed E-state index contributed by atoms with van der Waals surface area (Å²) in [5, 5.41) is 1.12. The molecule has 3 rings (SSSR count). The minimum absolute atomic E-state index is 0.342. The third-order valence-corrected chi connectivity index (χ3v) is 6.50. The molecule has 1 aliphatic heterocycles. The van der Waals surface area contributed by atoms with Gasteiger partial charge in [-0.25, -0.2) is 9.59 Å². The lowest BCUT2D eigenvalue weighted by atomic mass is 10.0. The Bertz CT molecular complexity index is 924. The first-order valence-electron chi connectivity index (χ1n) is 10.1. The predicted molar refractivity (Wildman–Crippen MR) is 119 cm³/mol. The fourth-order valence-corrected chi connectivity index (χ4v) is 4.77. The minimum Gasteiger partial charge on any atom is -0.468 e. The molecule has 30 heavy (non-hydrogen) atoms. The molecule has 0 bridgehead atoms. The van der Waals surface area contributed by atoms with Gasteiger partial charge in [-0.2, -0.15) is 0 Å². The van der Waals surface area contributed by atoms with Gasteiger partial charge in [-0.1, -0.05) is 55.6 Å². The van der Waals surface area contributed by atoms with Crippen LogP contribution >= 0.6 is 22.9 Å². The SMILES string of the molecule is CCCC/C=C/C(=O)Oc1cc2c(s1)CCN([C@H](C(=O)OC)c1ccccc1Cl)C2. The number of halogens is 1. The standard InChI is InChI=1S/C23H26ClNO4S/c1-3-4-5-6-11-20(26)29-21-14-16-15-25(13-12-19(16)30-21)22(23(27)28-2)17-9-7-8-10-18(17)24/h6-11,14,22H,3-5,12-13,15H2,1-2H3/b11-6+/t22-/m0/s1. The van der Waals surface area contributed by atoms with Crippen molar-refractivity contribution in [1.82, 2.24) is 4.90 Å². The third-order valence-electron chi connectivity index (χ3n) is 5.04. The van der Waals surface area contributed by atoms with Gasteiger partial charge in [0.1, 0.15) is 6.04 Å². The smallest absolute Gasteiger partial charge is 0.336 e. The van der Waals surface area contributed by atoms with Crippen LogP contribution in [0.25, 0.3) is 0 Å². The van der Waals surface area contributed by atoms with Gasteiger partial charge in [-0.3, -0.25) is 4.90 Å². The molecule has 0 aliphatic carbocycles. The zero-order chi connectivity index (χ0) is 21.5. The summed E-state index contributed by atoms with van der Waals surface area (Å²) < 4.78 is 10.5. The Morgan fingerprint density at radius 1 is 1.33 bits per heavy atom. The quantitative estimate of drug-likeness (QED) is 0.311. The van der Waals surface area contributed by atoms with Crippen LogP contribution in [0.3, 0.4) is 0 Å². The number of thiophene rings is 1. The first kappa shape index (κ1) is 22.5. The number of allylic oxidation sites excluding steroid dienone is 1. The topological polar surface area (TPSA) is 55.8 Å². The number of fused-ring (bicyclic) bond motifs is 1. The first-order chi connectivity index (χ1) is 14.5. The lowest BCUT2D eigenvalue weighted by molar-refractivity contribution is -0.147. The molecule has 0 saturated heterocycles. The van der Waals surface area contributed by atoms with Gasteiger partial charge in [0.15, 0.2) is 5.06 Å². The largest absolute Gasteiger partial charge is 0.468 e. The molecule has 7 heteroatoms. The van der Waals surface area contributed by atoms with Gasteiger partial charge in [-0.05, 0) is 36.1 Å². The lowest BCUT2D eigenvalue weighted by Crippen LogP contribution is -2.38. The minimum atomic E-state index is -0.579. The van der Waals surface area contributed by atoms with Gasteiger partial charge in [0, 0.05) is 29.1 Å². The van der Waals surface area contributed by atoms with E-state index < -0.39 is 6.04 Å². The summed E-state index contributed by atoms with van der Waals surface area (Å²) in [6.07, 6.45) is 7.13. The maximum Gasteiger partial charge on any atom is 0.336 e. The van der Waals surface area contributed by atoms with E-state index in [9.17, 15) is 9.59 Å². The number of unbranched alkanes of at least 4 members (excludes halogenated alkanes) is 2. The van der Waals surface area contributed by atoms with E-state index in [1.807, 2.05) is 30.3 Å². The highest BCUT2D eigenvalue weighted by Gasteiger charge is 2.33. The van der Waals surface area contributed by atoms with Gasteiger partial charge < -0.3 is 9.47 Å². The average molecular weight is 448 g/mol. The molecular formula is C23H26ClNO4S. The van der Waals surface area contributed by atoms with Crippen LogP contribution in [0.5, 0.6) is 5.06 Å². The number of benzene rings is 1. The van der Waals surface area contributed by atoms with E-state index >= 15 is 0 Å². The number of hydrogen-bond donors (Lipinski definition) is 0. The second kappa shape index (κ2) is 10.8. The Labute approximate surface area is 186 Å². The van der Waals surface area contributed by atoms with Gasteiger partial charge >= 0.3 is 11.9 Å². The Morgan fingerprint density at radius 3 is 2.87 bits per heavy atom. The molecule has 0 saturated carbocycles. The van der Waals surface area contributed by atoms with Gasteiger partial charge in [0.25, 0.3) is 0 Å². The molecule has 1 aliphatic rings. The number of ether oxygens (including phenoxy) is 2. The summed E-state index contributed by atoms with van der Waals surface area (Å²) in [4.78, 5) is 27.8. The van der Waals surface area contributed by atoms with E-state index in [1.165, 1.54) is 29.4 Å². The number of rotatable bonds is 8. The maximum atomic E-state index is 12.6. The van der Waals surface area contributed by atoms with Crippen molar-refractivity contribution < 1.29 is 19.1 Å². The van der Waals surface area contributed by atoms with Crippen molar-refractivity contribution in [2.24, 2.45) is 0 Å². The number of nitrogens with zero attached hydrogens (tertiary/aromatic N) is 1. The molecule has 0 radical (unpaired) electrons. The highest BCUT2D eigenvalue weighted by Crippen LogP contribution is 2.37. The second-order valence-electron chi connectivity index (χ2n) is 7.15. The van der Waals surface area contributed by atoms with Crippen molar-refractivity contribution in [3.8, 4) is 5.06 Å². The van der Waals surface area contributed by atoms with Crippen LogP contribution in [0.2, 0.25) is 5.02 Å². The van der Waals surface area contributed by atoms with Crippen molar-refractivity contribution in [2.45, 2.75) is 45.2 Å². The molecule has 1 atom stereocenters. The van der Waals surface area contributed by atoms with Crippen molar-refractivity contribution in [3.63, 3.8) is 0 Å². The summed E-state index contributed by atoms with van der Waals surface area (Å²) in [7, 11) is 1.39. The van der Waals surface area contributed by atoms with Crippen molar-refractivity contribution in [2.75, 3.05) is 13.7 Å². The van der Waals surface area contributed by atoms with E-state index in [2.05, 4.69) is 11.8 Å². The molecule has 0 N–H and O–H groups in total. The van der Waals surface area contributed by atoms with Crippen LogP contribution in [0.1, 0.15) is 48.2 Å². The Balaban J connectivity index is 1.73. The number of carbonyl (C=O) groups is 2. The van der Waals surface area contributed by atoms with Crippen LogP contribution in [-0.4, -0.2) is 30.5 Å². The van der Waals surface area contributed by atoms with Crippen LogP contribution in [-0.2, 0) is 27.3 Å². The zero-order valence-electron chi connectivity index (χ0n) is 17.2. The molecule has 2 aromatic rings. The highest BCUT2D eigenvalue weighted by atomic mass is 35.5. The van der Waals surface area contributed by atoms with Crippen molar-refractivity contribution in [3.05, 3.63) is 63.5 Å². The number of esters is 2. The Morgan fingerprint density at radius 2 is 2.13 bits per heavy atom. The summed E-state index contributed by atoms with van der Waals surface area (Å²) in [5.41, 5.74) is 1.79. The van der Waals surface area contributed by atoms with Crippen LogP contribution in [0.4, 0.5) is 0 Å². The molecule has 5 nitrogen and oxygen atoms in total. The van der Waals surface area contributed by atoms with Crippen LogP contribution < -0.4 is 4.74 Å². The third kappa shape index (κ3) is 5.50. The maximum absolute atomic E-state index is 12.6. The van der Waals surface area contributed by atoms with E-state index in [4.69, 9.17) is 21.1 Å². The molecule has 0 amide bonds. The van der Waals surface area contributed by atoms with E-state index in [0.717, 1.165) is 36.8 Å². The van der Waals surface area contributed by atoms with Crippen LogP contribution in [0, 0.1) is 0 Å². The summed E-state index contributed by atoms with van der Waals surface area (Å²) in [6.45, 7) is 3.35. The highest BCUT2D eigenvalue weighted by molar-refractivity contribution is 7.14. The Kier molecular flexibility index (Phi) is 8.08. The Hall–Kier alpha value is -2.15. The van der Waals surface area contributed by atoms with E-state index in [0.29, 0.717) is 23.2 Å².